The second-order valence-electron chi connectivity index (χ2n) is 5.99. The van der Waals surface area contributed by atoms with Crippen molar-refractivity contribution in [1.29, 1.82) is 0 Å². The van der Waals surface area contributed by atoms with Crippen LogP contribution in [0.2, 0.25) is 0 Å². The van der Waals surface area contributed by atoms with E-state index in [2.05, 4.69) is 66.2 Å². The van der Waals surface area contributed by atoms with Crippen molar-refractivity contribution in [1.82, 2.24) is 0 Å². The minimum atomic E-state index is 0.496. The van der Waals surface area contributed by atoms with Crippen molar-refractivity contribution in [2.75, 3.05) is 0 Å². The highest BCUT2D eigenvalue weighted by Gasteiger charge is 2.31. The third-order valence-corrected chi connectivity index (χ3v) is 5.95. The number of fused-ring (bicyclic) bond motifs is 1. The van der Waals surface area contributed by atoms with Gasteiger partial charge in [0.05, 0.1) is 0 Å². The van der Waals surface area contributed by atoms with Crippen molar-refractivity contribution < 1.29 is 0 Å². The predicted molar refractivity (Wildman–Crippen MR) is 86.9 cm³/mol. The summed E-state index contributed by atoms with van der Waals surface area (Å²) in [6.45, 7) is 4.61. The minimum Gasteiger partial charge on any atom is -0.0835 e. The highest BCUT2D eigenvalue weighted by molar-refractivity contribution is 9.09. The van der Waals surface area contributed by atoms with E-state index < -0.39 is 0 Å². The number of hydrogen-bond acceptors (Lipinski definition) is 0. The third-order valence-electron chi connectivity index (χ3n) is 4.78. The Morgan fingerprint density at radius 2 is 1.79 bits per heavy atom. The Kier molecular flexibility index (Phi) is 3.66. The molecule has 1 heteroatoms. The normalized spacial score (nSPS) is 24.8. The van der Waals surface area contributed by atoms with Crippen LogP contribution in [0.1, 0.15) is 42.1 Å². The van der Waals surface area contributed by atoms with E-state index in [1.807, 2.05) is 0 Å². The molecule has 3 atom stereocenters. The zero-order valence-corrected chi connectivity index (χ0v) is 13.3. The van der Waals surface area contributed by atoms with Crippen molar-refractivity contribution in [3.8, 4) is 0 Å². The first-order chi connectivity index (χ1) is 9.18. The van der Waals surface area contributed by atoms with Gasteiger partial charge in [0.1, 0.15) is 0 Å². The highest BCUT2D eigenvalue weighted by Crippen LogP contribution is 2.46. The van der Waals surface area contributed by atoms with Crippen LogP contribution in [0.15, 0.2) is 36.4 Å². The molecule has 0 saturated heterocycles. The van der Waals surface area contributed by atoms with Crippen LogP contribution >= 0.6 is 15.9 Å². The summed E-state index contributed by atoms with van der Waals surface area (Å²) in [5, 5.41) is 2.82. The molecule has 0 radical (unpaired) electrons. The molecule has 0 bridgehead atoms. The molecule has 0 heterocycles. The van der Waals surface area contributed by atoms with Gasteiger partial charge in [-0.25, -0.2) is 0 Å². The molecule has 3 rings (SSSR count). The Morgan fingerprint density at radius 1 is 1.05 bits per heavy atom. The number of aryl methyl sites for hydroxylation is 1. The van der Waals surface area contributed by atoms with E-state index in [0.29, 0.717) is 4.83 Å². The molecule has 0 amide bonds. The molecule has 1 fully saturated rings. The minimum absolute atomic E-state index is 0.496. The van der Waals surface area contributed by atoms with Gasteiger partial charge in [-0.05, 0) is 47.1 Å². The van der Waals surface area contributed by atoms with E-state index in [9.17, 15) is 0 Å². The second kappa shape index (κ2) is 5.28. The number of rotatable bonds is 2. The van der Waals surface area contributed by atoms with Gasteiger partial charge >= 0.3 is 0 Å². The van der Waals surface area contributed by atoms with Crippen molar-refractivity contribution in [2.45, 2.75) is 37.9 Å². The number of alkyl halides is 1. The lowest BCUT2D eigenvalue weighted by atomic mass is 9.88. The van der Waals surface area contributed by atoms with Crippen molar-refractivity contribution in [2.24, 2.45) is 11.8 Å². The molecule has 0 spiro atoms. The quantitative estimate of drug-likeness (QED) is 0.594. The summed E-state index contributed by atoms with van der Waals surface area (Å²) in [5.74, 6) is 1.62. The van der Waals surface area contributed by atoms with E-state index >= 15 is 0 Å². The van der Waals surface area contributed by atoms with Gasteiger partial charge in [0.15, 0.2) is 0 Å². The molecule has 0 nitrogen and oxygen atoms in total. The maximum Gasteiger partial charge on any atom is 0.0432 e. The lowest BCUT2D eigenvalue weighted by Gasteiger charge is -2.24. The SMILES string of the molecule is Cc1ccc(C(Br)C2CCCC2C)c2ccccc12. The molecular weight excluding hydrogens is 296 g/mol. The van der Waals surface area contributed by atoms with Crippen molar-refractivity contribution in [3.05, 3.63) is 47.5 Å². The summed E-state index contributed by atoms with van der Waals surface area (Å²) >= 11 is 4.00. The molecular formula is C18H21Br. The molecule has 100 valence electrons. The van der Waals surface area contributed by atoms with Crippen LogP contribution in [0.4, 0.5) is 0 Å². The Hall–Kier alpha value is -0.820. The zero-order chi connectivity index (χ0) is 13.4. The summed E-state index contributed by atoms with van der Waals surface area (Å²) in [4.78, 5) is 0.496. The molecule has 2 aromatic rings. The summed E-state index contributed by atoms with van der Waals surface area (Å²) < 4.78 is 0. The van der Waals surface area contributed by atoms with Gasteiger partial charge in [0.25, 0.3) is 0 Å². The summed E-state index contributed by atoms with van der Waals surface area (Å²) in [5.41, 5.74) is 2.85. The van der Waals surface area contributed by atoms with Crippen LogP contribution in [-0.2, 0) is 0 Å². The van der Waals surface area contributed by atoms with Crippen LogP contribution in [0.25, 0.3) is 10.8 Å². The third kappa shape index (κ3) is 2.33. The van der Waals surface area contributed by atoms with Gasteiger partial charge in [0, 0.05) is 4.83 Å². The topological polar surface area (TPSA) is 0 Å². The first-order valence-electron chi connectivity index (χ1n) is 7.31. The number of halogens is 1. The summed E-state index contributed by atoms with van der Waals surface area (Å²) in [6, 6.07) is 13.4. The lowest BCUT2D eigenvalue weighted by molar-refractivity contribution is 0.415. The molecule has 3 unspecified atom stereocenters. The van der Waals surface area contributed by atoms with E-state index in [4.69, 9.17) is 0 Å². The monoisotopic (exact) mass is 316 g/mol. The average Bonchev–Trinajstić information content (AvgIpc) is 2.85. The van der Waals surface area contributed by atoms with E-state index in [1.165, 1.54) is 41.2 Å². The van der Waals surface area contributed by atoms with E-state index in [1.54, 1.807) is 0 Å². The number of hydrogen-bond donors (Lipinski definition) is 0. The smallest absolute Gasteiger partial charge is 0.0432 e. The molecule has 0 aliphatic heterocycles. The maximum absolute atomic E-state index is 4.00. The van der Waals surface area contributed by atoms with Gasteiger partial charge in [-0.3, -0.25) is 0 Å². The van der Waals surface area contributed by atoms with Gasteiger partial charge in [-0.1, -0.05) is 72.1 Å². The van der Waals surface area contributed by atoms with Crippen LogP contribution in [0.5, 0.6) is 0 Å². The van der Waals surface area contributed by atoms with Crippen LogP contribution in [-0.4, -0.2) is 0 Å². The van der Waals surface area contributed by atoms with Gasteiger partial charge in [0.2, 0.25) is 0 Å². The first kappa shape index (κ1) is 13.2. The fourth-order valence-electron chi connectivity index (χ4n) is 3.55. The first-order valence-corrected chi connectivity index (χ1v) is 8.22. The molecule has 19 heavy (non-hydrogen) atoms. The fraction of sp³-hybridized carbons (Fsp3) is 0.444. The van der Waals surface area contributed by atoms with E-state index in [-0.39, 0.29) is 0 Å². The molecule has 1 aliphatic rings. The van der Waals surface area contributed by atoms with Crippen LogP contribution in [0.3, 0.4) is 0 Å². The summed E-state index contributed by atoms with van der Waals surface area (Å²) in [7, 11) is 0. The molecule has 1 aliphatic carbocycles. The molecule has 0 N–H and O–H groups in total. The Morgan fingerprint density at radius 3 is 2.47 bits per heavy atom. The fourth-order valence-corrected chi connectivity index (χ4v) is 4.74. The number of benzene rings is 2. The molecule has 2 aromatic carbocycles. The van der Waals surface area contributed by atoms with Gasteiger partial charge < -0.3 is 0 Å². The zero-order valence-electron chi connectivity index (χ0n) is 11.7. The average molecular weight is 317 g/mol. The second-order valence-corrected chi connectivity index (χ2v) is 6.98. The van der Waals surface area contributed by atoms with Crippen LogP contribution < -0.4 is 0 Å². The van der Waals surface area contributed by atoms with E-state index in [0.717, 1.165) is 11.8 Å². The van der Waals surface area contributed by atoms with Gasteiger partial charge in [-0.15, -0.1) is 0 Å². The van der Waals surface area contributed by atoms with Crippen LogP contribution in [0, 0.1) is 18.8 Å². The highest BCUT2D eigenvalue weighted by atomic mass is 79.9. The standard InChI is InChI=1S/C18H21Br/c1-12-6-5-9-15(12)18(19)17-11-10-13(2)14-7-3-4-8-16(14)17/h3-4,7-8,10-12,15,18H,5-6,9H2,1-2H3. The Bertz CT molecular complexity index is 587. The maximum atomic E-state index is 4.00. The predicted octanol–water partition coefficient (Wildman–Crippen LogP) is 6.02. The van der Waals surface area contributed by atoms with Gasteiger partial charge in [-0.2, -0.15) is 0 Å². The summed E-state index contributed by atoms with van der Waals surface area (Å²) in [6.07, 6.45) is 4.13. The lowest BCUT2D eigenvalue weighted by Crippen LogP contribution is -2.11. The largest absolute Gasteiger partial charge is 0.0835 e. The molecule has 1 saturated carbocycles. The Balaban J connectivity index is 2.07. The Labute approximate surface area is 124 Å². The molecule has 0 aromatic heterocycles. The van der Waals surface area contributed by atoms with Crippen molar-refractivity contribution >= 4 is 26.7 Å². The van der Waals surface area contributed by atoms with Crippen molar-refractivity contribution in [3.63, 3.8) is 0 Å².